The molecule has 1 fully saturated rings. The van der Waals surface area contributed by atoms with Crippen LogP contribution in [-0.2, 0) is 19.4 Å². The minimum Gasteiger partial charge on any atom is -0.481 e. The third-order valence-corrected chi connectivity index (χ3v) is 8.54. The fourth-order valence-electron chi connectivity index (χ4n) is 4.13. The summed E-state index contributed by atoms with van der Waals surface area (Å²) in [7, 11) is -4.07. The number of carboxylic acid groups (broad SMARTS) is 1. The van der Waals surface area contributed by atoms with Gasteiger partial charge in [0.25, 0.3) is 0 Å². The van der Waals surface area contributed by atoms with Crippen molar-refractivity contribution in [2.24, 2.45) is 5.92 Å². The molecule has 0 aliphatic heterocycles. The summed E-state index contributed by atoms with van der Waals surface area (Å²) < 4.78 is 54.3. The zero-order chi connectivity index (χ0) is 21.2. The summed E-state index contributed by atoms with van der Waals surface area (Å²) >= 11 is 5.87. The van der Waals surface area contributed by atoms with Gasteiger partial charge in [-0.15, -0.1) is 0 Å². The number of hydrogen-bond donors (Lipinski definition) is 1. The first kappa shape index (κ1) is 25.3. The molecule has 1 N–H and O–H groups in total. The molecule has 1 saturated carbocycles. The molecule has 0 atom stereocenters. The molecule has 30 heavy (non-hydrogen) atoms. The minimum absolute atomic E-state index is 0. The molecule has 0 heterocycles. The number of halogens is 3. The summed E-state index contributed by atoms with van der Waals surface area (Å²) in [6, 6.07) is 8.49. The molecule has 1 aliphatic carbocycles. The molecule has 3 rings (SSSR count). The quantitative estimate of drug-likeness (QED) is 0.592. The van der Waals surface area contributed by atoms with Crippen molar-refractivity contribution in [1.82, 2.24) is 0 Å². The average Bonchev–Trinajstić information content (AvgIpc) is 2.69. The maximum absolute atomic E-state index is 14.7. The van der Waals surface area contributed by atoms with Gasteiger partial charge in [0.15, 0.2) is 9.84 Å². The summed E-state index contributed by atoms with van der Waals surface area (Å²) in [5.74, 6) is -2.36. The Balaban J connectivity index is 0.00000240. The molecule has 0 unspecified atom stereocenters. The number of carbonyl (C=O) groups is 1. The Bertz CT molecular complexity index is 1010. The van der Waals surface area contributed by atoms with Crippen LogP contribution in [0, 0.1) is 17.6 Å². The Morgan fingerprint density at radius 1 is 1.13 bits per heavy atom. The predicted molar refractivity (Wildman–Crippen MR) is 113 cm³/mol. The van der Waals surface area contributed by atoms with E-state index in [2.05, 4.69) is 0 Å². The standard InChI is InChI=1S/C21H21ClF2O4S.Na.H2/c22-15-2-5-17(6-3-15)29(27,28)21(18-13-16(23)4-7-19(18)24)11-9-14(10-12-21)1-8-20(25)26;;/h2-7,13-14H,1,8-12H2,(H,25,26);;1H. The van der Waals surface area contributed by atoms with E-state index in [1.165, 1.54) is 24.3 Å². The third kappa shape index (κ3) is 5.07. The van der Waals surface area contributed by atoms with Gasteiger partial charge in [-0.1, -0.05) is 11.6 Å². The van der Waals surface area contributed by atoms with Crippen molar-refractivity contribution in [3.05, 3.63) is 64.7 Å². The molecule has 4 nitrogen and oxygen atoms in total. The molecule has 0 aromatic heterocycles. The average molecular weight is 468 g/mol. The van der Waals surface area contributed by atoms with Gasteiger partial charge in [-0.05, 0) is 80.5 Å². The Kier molecular flexibility index (Phi) is 8.50. The first-order valence-corrected chi connectivity index (χ1v) is 11.2. The number of benzene rings is 2. The Hall–Kier alpha value is -0.990. The van der Waals surface area contributed by atoms with Crippen molar-refractivity contribution in [2.45, 2.75) is 48.2 Å². The predicted octanol–water partition coefficient (Wildman–Crippen LogP) is 5.21. The smallest absolute Gasteiger partial charge is 0.303 e. The molecule has 0 bridgehead atoms. The third-order valence-electron chi connectivity index (χ3n) is 5.74. The number of sulfone groups is 1. The molecule has 159 valence electrons. The van der Waals surface area contributed by atoms with E-state index in [1.54, 1.807) is 0 Å². The Labute approximate surface area is 203 Å². The van der Waals surface area contributed by atoms with Crippen LogP contribution in [0.3, 0.4) is 0 Å². The van der Waals surface area contributed by atoms with Gasteiger partial charge in [-0.2, -0.15) is 0 Å². The van der Waals surface area contributed by atoms with E-state index in [0.29, 0.717) is 24.3 Å². The summed E-state index contributed by atoms with van der Waals surface area (Å²) in [5.41, 5.74) is -0.177. The molecule has 9 heteroatoms. The van der Waals surface area contributed by atoms with Gasteiger partial charge < -0.3 is 5.11 Å². The maximum Gasteiger partial charge on any atom is 0.303 e. The largest absolute Gasteiger partial charge is 0.481 e. The zero-order valence-corrected chi connectivity index (χ0v) is 20.1. The molecule has 0 amide bonds. The molecule has 0 spiro atoms. The van der Waals surface area contributed by atoms with Gasteiger partial charge in [0.1, 0.15) is 16.4 Å². The van der Waals surface area contributed by atoms with E-state index in [-0.39, 0.29) is 66.6 Å². The molecule has 0 saturated heterocycles. The van der Waals surface area contributed by atoms with Gasteiger partial charge in [0.05, 0.1) is 4.90 Å². The van der Waals surface area contributed by atoms with E-state index in [4.69, 9.17) is 16.7 Å². The van der Waals surface area contributed by atoms with Gasteiger partial charge >= 0.3 is 5.97 Å². The second kappa shape index (κ2) is 10.1. The van der Waals surface area contributed by atoms with E-state index in [9.17, 15) is 22.0 Å². The summed E-state index contributed by atoms with van der Waals surface area (Å²) in [4.78, 5) is 10.8. The van der Waals surface area contributed by atoms with E-state index >= 15 is 0 Å². The van der Waals surface area contributed by atoms with Gasteiger partial charge in [0, 0.05) is 48.0 Å². The Morgan fingerprint density at radius 3 is 2.30 bits per heavy atom. The fourth-order valence-corrected chi connectivity index (χ4v) is 6.42. The van der Waals surface area contributed by atoms with Gasteiger partial charge in [-0.25, -0.2) is 17.2 Å². The van der Waals surface area contributed by atoms with Gasteiger partial charge in [-0.3, -0.25) is 4.79 Å². The topological polar surface area (TPSA) is 71.4 Å². The summed E-state index contributed by atoms with van der Waals surface area (Å²) in [5, 5.41) is 9.26. The van der Waals surface area contributed by atoms with Crippen molar-refractivity contribution in [3.63, 3.8) is 0 Å². The maximum atomic E-state index is 14.7. The van der Waals surface area contributed by atoms with Crippen molar-refractivity contribution in [2.75, 3.05) is 0 Å². The second-order valence-corrected chi connectivity index (χ2v) is 10.1. The molecule has 2 aromatic rings. The van der Waals surface area contributed by atoms with Crippen LogP contribution in [0.5, 0.6) is 0 Å². The zero-order valence-electron chi connectivity index (χ0n) is 16.6. The molecule has 1 radical (unpaired) electrons. The summed E-state index contributed by atoms with van der Waals surface area (Å²) in [6.45, 7) is 0. The van der Waals surface area contributed by atoms with Crippen LogP contribution in [-0.4, -0.2) is 49.1 Å². The van der Waals surface area contributed by atoms with Crippen LogP contribution in [0.15, 0.2) is 47.4 Å². The van der Waals surface area contributed by atoms with Gasteiger partial charge in [0.2, 0.25) is 0 Å². The van der Waals surface area contributed by atoms with Crippen molar-refractivity contribution in [1.29, 1.82) is 0 Å². The number of aliphatic carboxylic acids is 1. The Morgan fingerprint density at radius 2 is 1.73 bits per heavy atom. The second-order valence-electron chi connectivity index (χ2n) is 7.45. The van der Waals surface area contributed by atoms with Crippen LogP contribution in [0.4, 0.5) is 8.78 Å². The minimum atomic E-state index is -4.07. The van der Waals surface area contributed by atoms with Crippen LogP contribution in [0.1, 0.15) is 45.5 Å². The first-order chi connectivity index (χ1) is 13.7. The van der Waals surface area contributed by atoms with Crippen molar-refractivity contribution >= 4 is 57.0 Å². The monoisotopic (exact) mass is 467 g/mol. The number of rotatable bonds is 6. The molecule has 1 aliphatic rings. The number of hydrogen-bond acceptors (Lipinski definition) is 3. The van der Waals surface area contributed by atoms with Crippen molar-refractivity contribution < 1.29 is 28.5 Å². The van der Waals surface area contributed by atoms with Crippen LogP contribution in [0.25, 0.3) is 0 Å². The molecular weight excluding hydrogens is 445 g/mol. The van der Waals surface area contributed by atoms with E-state index < -0.39 is 32.2 Å². The molecule has 2 aromatic carbocycles. The van der Waals surface area contributed by atoms with Crippen LogP contribution < -0.4 is 0 Å². The van der Waals surface area contributed by atoms with Crippen LogP contribution >= 0.6 is 11.6 Å². The summed E-state index contributed by atoms with van der Waals surface area (Å²) in [6.07, 6.45) is 1.42. The SMILES string of the molecule is O=C(O)CCC1CCC(c2cc(F)ccc2F)(S(=O)(=O)c2ccc(Cl)cc2)CC1.[HH].[Na]. The van der Waals surface area contributed by atoms with E-state index in [0.717, 1.165) is 18.2 Å². The normalized spacial score (nSPS) is 21.6. The van der Waals surface area contributed by atoms with E-state index in [1.807, 2.05) is 0 Å². The number of carboxylic acids is 1. The first-order valence-electron chi connectivity index (χ1n) is 9.33. The fraction of sp³-hybridized carbons (Fsp3) is 0.381. The molecular formula is C21H23ClF2NaO4S. The van der Waals surface area contributed by atoms with Crippen molar-refractivity contribution in [3.8, 4) is 0 Å². The van der Waals surface area contributed by atoms with Crippen LogP contribution in [0.2, 0.25) is 5.02 Å².